The van der Waals surface area contributed by atoms with Crippen molar-refractivity contribution >= 4 is 11.6 Å². The highest BCUT2D eigenvalue weighted by Crippen LogP contribution is 2.25. The van der Waals surface area contributed by atoms with Crippen LogP contribution in [0.4, 0.5) is 0 Å². The summed E-state index contributed by atoms with van der Waals surface area (Å²) in [4.78, 5) is 0. The Bertz CT molecular complexity index is 778. The number of hydrogen-bond donors (Lipinski definition) is 1. The lowest BCUT2D eigenvalue weighted by Gasteiger charge is -2.08. The predicted molar refractivity (Wildman–Crippen MR) is 100 cm³/mol. The minimum atomic E-state index is 0.217. The Labute approximate surface area is 148 Å². The van der Waals surface area contributed by atoms with Crippen LogP contribution in [0.1, 0.15) is 24.2 Å². The molecule has 3 nitrogen and oxygen atoms in total. The monoisotopic (exact) mass is 339 g/mol. The first-order valence-corrected chi connectivity index (χ1v) is 8.60. The number of rotatable bonds is 6. The predicted octanol–water partition coefficient (Wildman–Crippen LogP) is 4.73. The van der Waals surface area contributed by atoms with Crippen LogP contribution in [0.5, 0.6) is 0 Å². The van der Waals surface area contributed by atoms with E-state index in [0.29, 0.717) is 0 Å². The minimum Gasteiger partial charge on any atom is -0.312 e. The first-order chi connectivity index (χ1) is 11.7. The van der Waals surface area contributed by atoms with Gasteiger partial charge in [0.15, 0.2) is 0 Å². The van der Waals surface area contributed by atoms with E-state index in [9.17, 15) is 0 Å². The molecule has 0 aliphatic heterocycles. The van der Waals surface area contributed by atoms with Crippen molar-refractivity contribution in [2.45, 2.75) is 25.9 Å². The molecule has 124 valence electrons. The zero-order chi connectivity index (χ0) is 16.9. The normalized spacial score (nSPS) is 12.3. The van der Waals surface area contributed by atoms with E-state index in [-0.39, 0.29) is 6.04 Å². The lowest BCUT2D eigenvalue weighted by atomic mass is 10.1. The molecule has 1 aromatic heterocycles. The zero-order valence-electron chi connectivity index (χ0n) is 14.0. The maximum Gasteiger partial charge on any atom is 0.0797 e. The topological polar surface area (TPSA) is 29.9 Å². The second-order valence-corrected chi connectivity index (χ2v) is 6.37. The van der Waals surface area contributed by atoms with E-state index in [4.69, 9.17) is 16.7 Å². The summed E-state index contributed by atoms with van der Waals surface area (Å²) in [6.45, 7) is 2.97. The largest absolute Gasteiger partial charge is 0.312 e. The van der Waals surface area contributed by atoms with Crippen LogP contribution in [0.25, 0.3) is 11.3 Å². The molecule has 0 saturated heterocycles. The number of hydrogen-bond acceptors (Lipinski definition) is 2. The summed E-state index contributed by atoms with van der Waals surface area (Å²) in [5.74, 6) is 0. The van der Waals surface area contributed by atoms with E-state index < -0.39 is 0 Å². The van der Waals surface area contributed by atoms with Crippen molar-refractivity contribution in [2.75, 3.05) is 7.05 Å². The van der Waals surface area contributed by atoms with E-state index in [1.165, 1.54) is 5.56 Å². The first-order valence-electron chi connectivity index (χ1n) is 8.22. The van der Waals surface area contributed by atoms with Crippen LogP contribution in [-0.2, 0) is 13.0 Å². The summed E-state index contributed by atoms with van der Waals surface area (Å²) in [5.41, 5.74) is 4.63. The van der Waals surface area contributed by atoms with Gasteiger partial charge >= 0.3 is 0 Å². The van der Waals surface area contributed by atoms with Gasteiger partial charge in [0.05, 0.1) is 11.4 Å². The summed E-state index contributed by atoms with van der Waals surface area (Å²) >= 11 is 6.03. The molecular formula is C20H22ClN3. The zero-order valence-corrected chi connectivity index (χ0v) is 14.8. The number of aryl methyl sites for hydroxylation is 2. The fraction of sp³-hybridized carbons (Fsp3) is 0.250. The third kappa shape index (κ3) is 3.86. The Morgan fingerprint density at radius 2 is 1.79 bits per heavy atom. The number of nitrogens with zero attached hydrogens (tertiary/aromatic N) is 2. The van der Waals surface area contributed by atoms with Gasteiger partial charge in [-0.25, -0.2) is 0 Å². The second kappa shape index (κ2) is 7.65. The number of halogens is 1. The summed E-state index contributed by atoms with van der Waals surface area (Å²) in [6, 6.07) is 20.8. The molecule has 0 radical (unpaired) electrons. The maximum absolute atomic E-state index is 6.03. The highest BCUT2D eigenvalue weighted by Gasteiger charge is 2.13. The Hall–Kier alpha value is -2.10. The fourth-order valence-corrected chi connectivity index (χ4v) is 2.83. The molecular weight excluding hydrogens is 318 g/mol. The molecule has 1 unspecified atom stereocenters. The smallest absolute Gasteiger partial charge is 0.0797 e. The third-order valence-electron chi connectivity index (χ3n) is 4.27. The summed E-state index contributed by atoms with van der Waals surface area (Å²) < 4.78 is 2.10. The molecule has 0 aliphatic carbocycles. The molecule has 0 aliphatic rings. The van der Waals surface area contributed by atoms with Crippen molar-refractivity contribution < 1.29 is 0 Å². The molecule has 1 N–H and O–H groups in total. The van der Waals surface area contributed by atoms with Gasteiger partial charge in [-0.15, -0.1) is 0 Å². The van der Waals surface area contributed by atoms with Gasteiger partial charge in [-0.2, -0.15) is 5.10 Å². The average molecular weight is 340 g/mol. The van der Waals surface area contributed by atoms with Gasteiger partial charge in [-0.1, -0.05) is 54.1 Å². The van der Waals surface area contributed by atoms with Gasteiger partial charge < -0.3 is 5.32 Å². The van der Waals surface area contributed by atoms with Crippen molar-refractivity contribution in [1.29, 1.82) is 0 Å². The third-order valence-corrected chi connectivity index (χ3v) is 4.52. The van der Waals surface area contributed by atoms with Crippen LogP contribution in [0.15, 0.2) is 60.7 Å². The van der Waals surface area contributed by atoms with Gasteiger partial charge in [-0.05, 0) is 49.7 Å². The minimum absolute atomic E-state index is 0.217. The van der Waals surface area contributed by atoms with Gasteiger partial charge in [0.1, 0.15) is 0 Å². The van der Waals surface area contributed by atoms with Gasteiger partial charge in [0, 0.05) is 17.6 Å². The molecule has 0 spiro atoms. The molecule has 1 atom stereocenters. The van der Waals surface area contributed by atoms with Crippen LogP contribution >= 0.6 is 11.6 Å². The standard InChI is InChI=1S/C20H22ClN3/c1-15(22-2)19-14-20(17-8-10-18(21)11-9-17)24(23-19)13-12-16-6-4-3-5-7-16/h3-11,14-15,22H,12-13H2,1-2H3. The molecule has 0 fully saturated rings. The van der Waals surface area contributed by atoms with Crippen LogP contribution in [0, 0.1) is 0 Å². The quantitative estimate of drug-likeness (QED) is 0.703. The van der Waals surface area contributed by atoms with Crippen molar-refractivity contribution in [2.24, 2.45) is 0 Å². The van der Waals surface area contributed by atoms with Crippen molar-refractivity contribution in [3.05, 3.63) is 76.9 Å². The number of aromatic nitrogens is 2. The Balaban J connectivity index is 1.90. The molecule has 4 heteroatoms. The van der Waals surface area contributed by atoms with Crippen LogP contribution in [0.3, 0.4) is 0 Å². The fourth-order valence-electron chi connectivity index (χ4n) is 2.70. The molecule has 1 heterocycles. The lowest BCUT2D eigenvalue weighted by Crippen LogP contribution is -2.13. The van der Waals surface area contributed by atoms with Gasteiger partial charge in [-0.3, -0.25) is 4.68 Å². The van der Waals surface area contributed by atoms with Crippen LogP contribution in [-0.4, -0.2) is 16.8 Å². The van der Waals surface area contributed by atoms with E-state index in [1.54, 1.807) is 0 Å². The number of benzene rings is 2. The van der Waals surface area contributed by atoms with E-state index in [0.717, 1.165) is 34.9 Å². The van der Waals surface area contributed by atoms with E-state index in [2.05, 4.69) is 47.3 Å². The van der Waals surface area contributed by atoms with Crippen molar-refractivity contribution in [1.82, 2.24) is 15.1 Å². The SMILES string of the molecule is CNC(C)c1cc(-c2ccc(Cl)cc2)n(CCc2ccccc2)n1. The van der Waals surface area contributed by atoms with Crippen molar-refractivity contribution in [3.63, 3.8) is 0 Å². The Kier molecular flexibility index (Phi) is 5.34. The summed E-state index contributed by atoms with van der Waals surface area (Å²) in [7, 11) is 1.95. The summed E-state index contributed by atoms with van der Waals surface area (Å²) in [6.07, 6.45) is 0.955. The average Bonchev–Trinajstić information content (AvgIpc) is 3.05. The van der Waals surface area contributed by atoms with E-state index in [1.807, 2.05) is 37.4 Å². The van der Waals surface area contributed by atoms with Gasteiger partial charge in [0.25, 0.3) is 0 Å². The molecule has 3 aromatic rings. The second-order valence-electron chi connectivity index (χ2n) is 5.93. The molecule has 24 heavy (non-hydrogen) atoms. The molecule has 3 rings (SSSR count). The Morgan fingerprint density at radius 1 is 1.08 bits per heavy atom. The molecule has 0 bridgehead atoms. The molecule has 0 saturated carbocycles. The highest BCUT2D eigenvalue weighted by atomic mass is 35.5. The lowest BCUT2D eigenvalue weighted by molar-refractivity contribution is 0.573. The van der Waals surface area contributed by atoms with Gasteiger partial charge in [0.2, 0.25) is 0 Å². The van der Waals surface area contributed by atoms with Crippen LogP contribution in [0.2, 0.25) is 5.02 Å². The number of nitrogens with one attached hydrogen (secondary N) is 1. The highest BCUT2D eigenvalue weighted by molar-refractivity contribution is 6.30. The van der Waals surface area contributed by atoms with Crippen molar-refractivity contribution in [3.8, 4) is 11.3 Å². The molecule has 0 amide bonds. The van der Waals surface area contributed by atoms with Crippen LogP contribution < -0.4 is 5.32 Å². The first kappa shape index (κ1) is 16.7. The Morgan fingerprint density at radius 3 is 2.46 bits per heavy atom. The van der Waals surface area contributed by atoms with E-state index >= 15 is 0 Å². The maximum atomic E-state index is 6.03. The molecule has 2 aromatic carbocycles. The summed E-state index contributed by atoms with van der Waals surface area (Å²) in [5, 5.41) is 8.82.